The topological polar surface area (TPSA) is 69.3 Å². The molecule has 1 fully saturated rings. The van der Waals surface area contributed by atoms with Crippen LogP contribution >= 0.6 is 12.2 Å². The zero-order valence-corrected chi connectivity index (χ0v) is 17.8. The van der Waals surface area contributed by atoms with Crippen molar-refractivity contribution in [3.63, 3.8) is 0 Å². The minimum atomic E-state index is -2.98. The minimum Gasteiger partial charge on any atom is -0.493 e. The summed E-state index contributed by atoms with van der Waals surface area (Å²) in [4.78, 5) is 14.9. The fourth-order valence-corrected chi connectivity index (χ4v) is 3.80. The van der Waals surface area contributed by atoms with Gasteiger partial charge in [-0.25, -0.2) is 4.79 Å². The number of rotatable bonds is 9. The molecule has 1 aliphatic carbocycles. The molecular weight excluding hydrogens is 418 g/mol. The Morgan fingerprint density at radius 2 is 2.00 bits per heavy atom. The molecule has 1 N–H and O–H groups in total. The Balaban J connectivity index is 1.98. The number of nitrogens with zero attached hydrogens (tertiary/aromatic N) is 1. The normalized spacial score (nSPS) is 19.1. The average molecular weight is 442 g/mol. The molecule has 0 radical (unpaired) electrons. The average Bonchev–Trinajstić information content (AvgIpc) is 3.52. The highest BCUT2D eigenvalue weighted by Gasteiger charge is 2.41. The summed E-state index contributed by atoms with van der Waals surface area (Å²) in [5, 5.41) is 3.69. The Morgan fingerprint density at radius 3 is 2.60 bits per heavy atom. The van der Waals surface area contributed by atoms with Gasteiger partial charge in [0.05, 0.1) is 25.3 Å². The number of esters is 1. The van der Waals surface area contributed by atoms with Crippen molar-refractivity contribution in [3.8, 4) is 11.5 Å². The molecular formula is C20H24F2N2O5S. The largest absolute Gasteiger partial charge is 0.493 e. The van der Waals surface area contributed by atoms with E-state index < -0.39 is 18.6 Å². The maximum absolute atomic E-state index is 12.9. The number of hydrogen-bond acceptors (Lipinski definition) is 6. The Morgan fingerprint density at radius 1 is 1.27 bits per heavy atom. The van der Waals surface area contributed by atoms with Crippen LogP contribution in [-0.2, 0) is 14.3 Å². The number of carbonyl (C=O) groups excluding carboxylic acids is 1. The van der Waals surface area contributed by atoms with Crippen LogP contribution in [0.5, 0.6) is 11.5 Å². The van der Waals surface area contributed by atoms with Gasteiger partial charge in [-0.1, -0.05) is 6.07 Å². The molecule has 1 aromatic rings. The van der Waals surface area contributed by atoms with Gasteiger partial charge in [-0.3, -0.25) is 0 Å². The maximum Gasteiger partial charge on any atom is 0.387 e. The molecule has 2 aliphatic rings. The van der Waals surface area contributed by atoms with E-state index in [0.717, 1.165) is 12.8 Å². The molecule has 0 amide bonds. The molecule has 1 unspecified atom stereocenters. The number of carbonyl (C=O) groups is 1. The number of allylic oxidation sites excluding steroid dienone is 1. The van der Waals surface area contributed by atoms with E-state index in [1.165, 1.54) is 20.3 Å². The SMILES string of the molecule is COCCOC(=O)C1=C(C)N(C2CC2)C(=S)NC1c1ccc(OC(F)F)c(OC)c1. The van der Waals surface area contributed by atoms with E-state index in [4.69, 9.17) is 26.4 Å². The van der Waals surface area contributed by atoms with Gasteiger partial charge in [0.2, 0.25) is 0 Å². The van der Waals surface area contributed by atoms with Crippen LogP contribution in [0.25, 0.3) is 0 Å². The first-order valence-electron chi connectivity index (χ1n) is 9.46. The first-order chi connectivity index (χ1) is 14.4. The lowest BCUT2D eigenvalue weighted by Crippen LogP contribution is -2.48. The molecule has 164 valence electrons. The van der Waals surface area contributed by atoms with Crippen molar-refractivity contribution in [2.24, 2.45) is 0 Å². The summed E-state index contributed by atoms with van der Waals surface area (Å²) in [6.07, 6.45) is 1.98. The summed E-state index contributed by atoms with van der Waals surface area (Å²) < 4.78 is 45.3. The molecule has 0 spiro atoms. The maximum atomic E-state index is 12.9. The van der Waals surface area contributed by atoms with E-state index in [0.29, 0.717) is 21.9 Å². The Kier molecular flexibility index (Phi) is 7.09. The number of methoxy groups -OCH3 is 2. The van der Waals surface area contributed by atoms with Gasteiger partial charge in [0.25, 0.3) is 0 Å². The molecule has 1 heterocycles. The smallest absolute Gasteiger partial charge is 0.387 e. The zero-order chi connectivity index (χ0) is 21.8. The Bertz CT molecular complexity index is 844. The number of ether oxygens (including phenoxy) is 4. The molecule has 1 saturated carbocycles. The molecule has 1 atom stereocenters. The van der Waals surface area contributed by atoms with Crippen molar-refractivity contribution in [1.82, 2.24) is 10.2 Å². The third-order valence-corrected chi connectivity index (χ3v) is 5.23. The summed E-state index contributed by atoms with van der Waals surface area (Å²) in [7, 11) is 2.87. The van der Waals surface area contributed by atoms with Crippen molar-refractivity contribution in [3.05, 3.63) is 35.0 Å². The monoisotopic (exact) mass is 442 g/mol. The number of benzene rings is 1. The number of nitrogens with one attached hydrogen (secondary N) is 1. The summed E-state index contributed by atoms with van der Waals surface area (Å²) >= 11 is 5.54. The molecule has 0 saturated heterocycles. The number of halogens is 2. The zero-order valence-electron chi connectivity index (χ0n) is 16.9. The van der Waals surface area contributed by atoms with Gasteiger partial charge in [-0.2, -0.15) is 8.78 Å². The predicted molar refractivity (Wildman–Crippen MR) is 108 cm³/mol. The van der Waals surface area contributed by atoms with E-state index >= 15 is 0 Å². The van der Waals surface area contributed by atoms with Gasteiger partial charge >= 0.3 is 12.6 Å². The van der Waals surface area contributed by atoms with E-state index in [1.54, 1.807) is 12.1 Å². The fourth-order valence-electron chi connectivity index (χ4n) is 3.40. The second kappa shape index (κ2) is 9.57. The van der Waals surface area contributed by atoms with Gasteiger partial charge in [-0.05, 0) is 49.7 Å². The fraction of sp³-hybridized carbons (Fsp3) is 0.500. The first kappa shape index (κ1) is 22.2. The van der Waals surface area contributed by atoms with Crippen LogP contribution in [-0.4, -0.2) is 56.1 Å². The molecule has 0 bridgehead atoms. The van der Waals surface area contributed by atoms with Crippen LogP contribution in [0.4, 0.5) is 8.78 Å². The highest BCUT2D eigenvalue weighted by Crippen LogP contribution is 2.40. The van der Waals surface area contributed by atoms with Crippen LogP contribution in [0, 0.1) is 0 Å². The standard InChI is InChI=1S/C20H24F2N2O5S/c1-11-16(18(25)28-9-8-26-2)17(23-20(30)24(11)13-5-6-13)12-4-7-14(29-19(21)22)15(10-12)27-3/h4,7,10,13,17,19H,5-6,8-9H2,1-3H3,(H,23,30). The Hall–Kier alpha value is -2.46. The van der Waals surface area contributed by atoms with E-state index in [-0.39, 0.29) is 30.8 Å². The second-order valence-electron chi connectivity index (χ2n) is 6.90. The van der Waals surface area contributed by atoms with Gasteiger partial charge in [0.1, 0.15) is 6.61 Å². The van der Waals surface area contributed by atoms with Crippen molar-refractivity contribution >= 4 is 23.3 Å². The third kappa shape index (κ3) is 4.81. The highest BCUT2D eigenvalue weighted by molar-refractivity contribution is 7.80. The lowest BCUT2D eigenvalue weighted by molar-refractivity contribution is -0.140. The molecule has 7 nitrogen and oxygen atoms in total. The predicted octanol–water partition coefficient (Wildman–Crippen LogP) is 3.15. The quantitative estimate of drug-likeness (QED) is 0.355. The van der Waals surface area contributed by atoms with Crippen LogP contribution in [0.2, 0.25) is 0 Å². The van der Waals surface area contributed by atoms with Gasteiger partial charge < -0.3 is 29.2 Å². The summed E-state index contributed by atoms with van der Waals surface area (Å²) in [6.45, 7) is -0.770. The highest BCUT2D eigenvalue weighted by atomic mass is 32.1. The van der Waals surface area contributed by atoms with Crippen molar-refractivity contribution < 1.29 is 32.5 Å². The van der Waals surface area contributed by atoms with Crippen LogP contribution in [0.3, 0.4) is 0 Å². The van der Waals surface area contributed by atoms with Gasteiger partial charge in [-0.15, -0.1) is 0 Å². The number of thiocarbonyl (C=S) groups is 1. The summed E-state index contributed by atoms with van der Waals surface area (Å²) in [5.74, 6) is -0.476. The lowest BCUT2D eigenvalue weighted by atomic mass is 9.94. The van der Waals surface area contributed by atoms with Crippen LogP contribution in [0.1, 0.15) is 31.4 Å². The van der Waals surface area contributed by atoms with Crippen molar-refractivity contribution in [1.29, 1.82) is 0 Å². The van der Waals surface area contributed by atoms with Crippen molar-refractivity contribution in [2.45, 2.75) is 38.5 Å². The summed E-state index contributed by atoms with van der Waals surface area (Å²) in [5.41, 5.74) is 1.71. The first-order valence-corrected chi connectivity index (χ1v) is 9.87. The van der Waals surface area contributed by atoms with Crippen LogP contribution in [0.15, 0.2) is 29.5 Å². The molecule has 3 rings (SSSR count). The molecule has 1 aliphatic heterocycles. The minimum absolute atomic E-state index is 0.0980. The van der Waals surface area contributed by atoms with E-state index in [9.17, 15) is 13.6 Å². The van der Waals surface area contributed by atoms with Gasteiger partial charge in [0, 0.05) is 18.8 Å². The second-order valence-corrected chi connectivity index (χ2v) is 7.29. The molecule has 1 aromatic carbocycles. The van der Waals surface area contributed by atoms with E-state index in [2.05, 4.69) is 10.1 Å². The van der Waals surface area contributed by atoms with Crippen LogP contribution < -0.4 is 14.8 Å². The Labute approximate surface area is 178 Å². The van der Waals surface area contributed by atoms with Crippen molar-refractivity contribution in [2.75, 3.05) is 27.4 Å². The lowest BCUT2D eigenvalue weighted by Gasteiger charge is -2.37. The summed E-state index contributed by atoms with van der Waals surface area (Å²) in [6, 6.07) is 4.13. The number of hydrogen-bond donors (Lipinski definition) is 1. The molecule has 30 heavy (non-hydrogen) atoms. The molecule has 10 heteroatoms. The third-order valence-electron chi connectivity index (χ3n) is 4.92. The van der Waals surface area contributed by atoms with E-state index in [1.807, 2.05) is 11.8 Å². The number of alkyl halides is 2. The molecule has 0 aromatic heterocycles. The van der Waals surface area contributed by atoms with Gasteiger partial charge in [0.15, 0.2) is 16.6 Å².